The van der Waals surface area contributed by atoms with Crippen LogP contribution in [0.25, 0.3) is 11.5 Å². The summed E-state index contributed by atoms with van der Waals surface area (Å²) in [5.41, 5.74) is 3.49. The number of amides is 1. The zero-order valence-electron chi connectivity index (χ0n) is 20.3. The van der Waals surface area contributed by atoms with Crippen LogP contribution in [-0.2, 0) is 11.3 Å². The Labute approximate surface area is 207 Å². The number of hydrogen-bond donors (Lipinski definition) is 1. The van der Waals surface area contributed by atoms with Crippen molar-refractivity contribution >= 4 is 5.91 Å². The topological polar surface area (TPSA) is 55.1 Å². The molecule has 35 heavy (non-hydrogen) atoms. The maximum absolute atomic E-state index is 12.8. The summed E-state index contributed by atoms with van der Waals surface area (Å²) in [5.74, 6) is 1.66. The SMILES string of the molecule is C[C@@H](CNC(=O)C1CCN(Cc2cnn(-c3ccccc3)c2-n2cccc2)CC1)c1ccccc1. The van der Waals surface area contributed by atoms with Crippen LogP contribution in [0.15, 0.2) is 91.4 Å². The molecule has 2 aromatic carbocycles. The smallest absolute Gasteiger partial charge is 0.223 e. The Morgan fingerprint density at radius 1 is 0.971 bits per heavy atom. The van der Waals surface area contributed by atoms with Crippen molar-refractivity contribution in [3.63, 3.8) is 0 Å². The molecule has 1 aliphatic rings. The van der Waals surface area contributed by atoms with Gasteiger partial charge in [0, 0.05) is 37.0 Å². The Morgan fingerprint density at radius 3 is 2.31 bits per heavy atom. The van der Waals surface area contributed by atoms with Gasteiger partial charge in [-0.1, -0.05) is 55.5 Å². The second-order valence-electron chi connectivity index (χ2n) is 9.44. The van der Waals surface area contributed by atoms with Crippen molar-refractivity contribution in [2.24, 2.45) is 5.92 Å². The zero-order chi connectivity index (χ0) is 24.0. The molecular weight excluding hydrogens is 434 g/mol. The van der Waals surface area contributed by atoms with E-state index in [0.29, 0.717) is 12.5 Å². The lowest BCUT2D eigenvalue weighted by atomic mass is 9.95. The molecule has 1 saturated heterocycles. The van der Waals surface area contributed by atoms with Crippen LogP contribution in [0.1, 0.15) is 36.8 Å². The summed E-state index contributed by atoms with van der Waals surface area (Å²) in [6.07, 6.45) is 7.88. The first-order chi connectivity index (χ1) is 17.2. The van der Waals surface area contributed by atoms with E-state index in [9.17, 15) is 4.79 Å². The van der Waals surface area contributed by atoms with Gasteiger partial charge < -0.3 is 9.88 Å². The van der Waals surface area contributed by atoms with Gasteiger partial charge in [-0.05, 0) is 61.7 Å². The summed E-state index contributed by atoms with van der Waals surface area (Å²) in [6, 6.07) is 24.7. The highest BCUT2D eigenvalue weighted by Crippen LogP contribution is 2.24. The first-order valence-electron chi connectivity index (χ1n) is 12.5. The average molecular weight is 468 g/mol. The monoisotopic (exact) mass is 467 g/mol. The second-order valence-corrected chi connectivity index (χ2v) is 9.44. The van der Waals surface area contributed by atoms with Gasteiger partial charge >= 0.3 is 0 Å². The van der Waals surface area contributed by atoms with Crippen LogP contribution in [0.2, 0.25) is 0 Å². The first kappa shape index (κ1) is 23.1. The highest BCUT2D eigenvalue weighted by molar-refractivity contribution is 5.78. The second kappa shape index (κ2) is 10.7. The lowest BCUT2D eigenvalue weighted by molar-refractivity contribution is -0.126. The molecule has 6 heteroatoms. The van der Waals surface area contributed by atoms with E-state index in [1.165, 1.54) is 11.1 Å². The fourth-order valence-corrected chi connectivity index (χ4v) is 4.89. The number of hydrogen-bond acceptors (Lipinski definition) is 3. The van der Waals surface area contributed by atoms with Crippen molar-refractivity contribution in [1.29, 1.82) is 0 Å². The lowest BCUT2D eigenvalue weighted by Gasteiger charge is -2.31. The molecule has 0 saturated carbocycles. The van der Waals surface area contributed by atoms with E-state index in [-0.39, 0.29) is 11.8 Å². The quantitative estimate of drug-likeness (QED) is 0.405. The van der Waals surface area contributed by atoms with Crippen LogP contribution < -0.4 is 5.32 Å². The number of aromatic nitrogens is 3. The molecule has 1 atom stereocenters. The Hall–Kier alpha value is -3.64. The number of carbonyl (C=O) groups is 1. The minimum absolute atomic E-state index is 0.0881. The van der Waals surface area contributed by atoms with Gasteiger partial charge in [-0.2, -0.15) is 5.10 Å². The van der Waals surface area contributed by atoms with Crippen molar-refractivity contribution < 1.29 is 4.79 Å². The number of para-hydroxylation sites is 1. The standard InChI is InChI=1S/C29H33N5O/c1-23(24-10-4-2-5-11-24)20-30-28(35)25-14-18-32(19-15-25)22-26-21-31-34(27-12-6-3-7-13-27)29(26)33-16-8-9-17-33/h2-13,16-17,21,23,25H,14-15,18-20,22H2,1H3,(H,30,35)/t23-/m0/s1. The van der Waals surface area contributed by atoms with Gasteiger partial charge in [0.05, 0.1) is 11.9 Å². The van der Waals surface area contributed by atoms with Gasteiger partial charge in [0.25, 0.3) is 0 Å². The van der Waals surface area contributed by atoms with E-state index in [4.69, 9.17) is 5.10 Å². The fraction of sp³-hybridized carbons (Fsp3) is 0.310. The van der Waals surface area contributed by atoms with Gasteiger partial charge in [0.15, 0.2) is 0 Å². The molecule has 0 spiro atoms. The van der Waals surface area contributed by atoms with Crippen molar-refractivity contribution in [3.05, 3.63) is 103 Å². The van der Waals surface area contributed by atoms with Crippen molar-refractivity contribution in [2.75, 3.05) is 19.6 Å². The van der Waals surface area contributed by atoms with E-state index in [1.807, 2.05) is 47.3 Å². The van der Waals surface area contributed by atoms with Crippen LogP contribution in [0.3, 0.4) is 0 Å². The largest absolute Gasteiger partial charge is 0.355 e. The normalized spacial score (nSPS) is 15.7. The fourth-order valence-electron chi connectivity index (χ4n) is 4.89. The third-order valence-corrected chi connectivity index (χ3v) is 6.97. The first-order valence-corrected chi connectivity index (χ1v) is 12.5. The summed E-state index contributed by atoms with van der Waals surface area (Å²) in [7, 11) is 0. The number of nitrogens with zero attached hydrogens (tertiary/aromatic N) is 4. The number of rotatable bonds is 8. The van der Waals surface area contributed by atoms with Gasteiger partial charge in [-0.25, -0.2) is 4.68 Å². The summed E-state index contributed by atoms with van der Waals surface area (Å²) < 4.78 is 4.13. The number of likely N-dealkylation sites (tertiary alicyclic amines) is 1. The molecular formula is C29H33N5O. The van der Waals surface area contributed by atoms with Crippen molar-refractivity contribution in [2.45, 2.75) is 32.2 Å². The molecule has 1 fully saturated rings. The molecule has 6 nitrogen and oxygen atoms in total. The maximum Gasteiger partial charge on any atom is 0.223 e. The van der Waals surface area contributed by atoms with Crippen LogP contribution in [-0.4, -0.2) is 44.8 Å². The Kier molecular flexibility index (Phi) is 7.09. The molecule has 3 heterocycles. The molecule has 180 valence electrons. The van der Waals surface area contributed by atoms with Crippen LogP contribution in [0.5, 0.6) is 0 Å². The van der Waals surface area contributed by atoms with Gasteiger partial charge in [-0.3, -0.25) is 9.69 Å². The predicted molar refractivity (Wildman–Crippen MR) is 139 cm³/mol. The third-order valence-electron chi connectivity index (χ3n) is 6.97. The predicted octanol–water partition coefficient (Wildman–Crippen LogP) is 4.79. The Bertz CT molecular complexity index is 1210. The number of carbonyl (C=O) groups excluding carboxylic acids is 1. The molecule has 1 aliphatic heterocycles. The summed E-state index contributed by atoms with van der Waals surface area (Å²) in [5, 5.41) is 7.91. The average Bonchev–Trinajstić information content (AvgIpc) is 3.58. The van der Waals surface area contributed by atoms with E-state index < -0.39 is 0 Å². The molecule has 2 aromatic heterocycles. The van der Waals surface area contributed by atoms with Gasteiger partial charge in [-0.15, -0.1) is 0 Å². The van der Waals surface area contributed by atoms with E-state index >= 15 is 0 Å². The minimum atomic E-state index is 0.0881. The van der Waals surface area contributed by atoms with Gasteiger partial charge in [0.1, 0.15) is 5.82 Å². The Balaban J connectivity index is 1.19. The van der Waals surface area contributed by atoms with Crippen LogP contribution in [0, 0.1) is 5.92 Å². The van der Waals surface area contributed by atoms with Crippen LogP contribution in [0.4, 0.5) is 0 Å². The zero-order valence-corrected chi connectivity index (χ0v) is 20.3. The molecule has 1 amide bonds. The number of nitrogens with one attached hydrogen (secondary N) is 1. The minimum Gasteiger partial charge on any atom is -0.355 e. The third kappa shape index (κ3) is 5.38. The lowest BCUT2D eigenvalue weighted by Crippen LogP contribution is -2.41. The number of benzene rings is 2. The molecule has 0 unspecified atom stereocenters. The van der Waals surface area contributed by atoms with Gasteiger partial charge in [0.2, 0.25) is 5.91 Å². The summed E-state index contributed by atoms with van der Waals surface area (Å²) in [6.45, 7) is 5.49. The summed E-state index contributed by atoms with van der Waals surface area (Å²) >= 11 is 0. The molecule has 5 rings (SSSR count). The maximum atomic E-state index is 12.8. The highest BCUT2D eigenvalue weighted by atomic mass is 16.1. The highest BCUT2D eigenvalue weighted by Gasteiger charge is 2.26. The van der Waals surface area contributed by atoms with E-state index in [1.54, 1.807) is 0 Å². The molecule has 1 N–H and O–H groups in total. The molecule has 4 aromatic rings. The molecule has 0 radical (unpaired) electrons. The molecule has 0 aliphatic carbocycles. The summed E-state index contributed by atoms with van der Waals surface area (Å²) in [4.78, 5) is 15.3. The van der Waals surface area contributed by atoms with Crippen molar-refractivity contribution in [1.82, 2.24) is 24.6 Å². The molecule has 0 bridgehead atoms. The van der Waals surface area contributed by atoms with E-state index in [2.05, 4.69) is 70.5 Å². The van der Waals surface area contributed by atoms with Crippen LogP contribution >= 0.6 is 0 Å². The Morgan fingerprint density at radius 2 is 1.63 bits per heavy atom. The van der Waals surface area contributed by atoms with Crippen molar-refractivity contribution in [3.8, 4) is 11.5 Å². The number of piperidine rings is 1. The van der Waals surface area contributed by atoms with E-state index in [0.717, 1.165) is 44.0 Å².